The molecule has 168 valence electrons. The second kappa shape index (κ2) is 7.65. The fourth-order valence-corrected chi connectivity index (χ4v) is 8.61. The molecule has 4 aliphatic rings. The Balaban J connectivity index is 1.59. The molecule has 0 heterocycles. The lowest BCUT2D eigenvalue weighted by Gasteiger charge is -2.58. The quantitative estimate of drug-likeness (QED) is 0.457. The van der Waals surface area contributed by atoms with Gasteiger partial charge in [-0.05, 0) is 92.8 Å². The second-order valence-corrected chi connectivity index (χ2v) is 12.6. The van der Waals surface area contributed by atoms with Crippen LogP contribution in [-0.4, -0.2) is 11.2 Å². The van der Waals surface area contributed by atoms with Gasteiger partial charge in [-0.25, -0.2) is 0 Å². The van der Waals surface area contributed by atoms with Crippen molar-refractivity contribution >= 4 is 0 Å². The SMILES string of the molecule is C=C(C)CCC[C@@H](C)[C@H]1CCC2C3=CC=C4C(C)(C)[C@@H](O)CC[C@]4(C)C3CC[C@@]21C. The van der Waals surface area contributed by atoms with E-state index in [0.717, 1.165) is 30.6 Å². The Kier molecular flexibility index (Phi) is 5.70. The Morgan fingerprint density at radius 2 is 1.80 bits per heavy atom. The monoisotopic (exact) mass is 410 g/mol. The van der Waals surface area contributed by atoms with Crippen molar-refractivity contribution in [1.29, 1.82) is 0 Å². The highest BCUT2D eigenvalue weighted by Crippen LogP contribution is 2.67. The Hall–Kier alpha value is -0.820. The van der Waals surface area contributed by atoms with E-state index in [4.69, 9.17) is 0 Å². The molecular formula is C29H46O. The van der Waals surface area contributed by atoms with Gasteiger partial charge in [-0.2, -0.15) is 0 Å². The van der Waals surface area contributed by atoms with Gasteiger partial charge < -0.3 is 5.11 Å². The van der Waals surface area contributed by atoms with E-state index in [0.29, 0.717) is 11.3 Å². The topological polar surface area (TPSA) is 20.2 Å². The highest BCUT2D eigenvalue weighted by atomic mass is 16.3. The smallest absolute Gasteiger partial charge is 0.0628 e. The minimum absolute atomic E-state index is 0.0915. The molecule has 0 aromatic carbocycles. The van der Waals surface area contributed by atoms with Crippen molar-refractivity contribution in [2.75, 3.05) is 0 Å². The van der Waals surface area contributed by atoms with E-state index in [1.54, 1.807) is 5.57 Å². The Labute approximate surface area is 186 Å². The summed E-state index contributed by atoms with van der Waals surface area (Å²) in [6.45, 7) is 18.5. The van der Waals surface area contributed by atoms with Gasteiger partial charge in [0, 0.05) is 5.41 Å². The third kappa shape index (κ3) is 3.30. The maximum absolute atomic E-state index is 10.7. The molecule has 3 saturated carbocycles. The number of hydrogen-bond acceptors (Lipinski definition) is 1. The fourth-order valence-electron chi connectivity index (χ4n) is 8.61. The van der Waals surface area contributed by atoms with Crippen LogP contribution in [0.1, 0.15) is 99.3 Å². The average molecular weight is 411 g/mol. The largest absolute Gasteiger partial charge is 0.392 e. The van der Waals surface area contributed by atoms with Crippen LogP contribution < -0.4 is 0 Å². The van der Waals surface area contributed by atoms with Gasteiger partial charge in [0.1, 0.15) is 0 Å². The maximum atomic E-state index is 10.7. The van der Waals surface area contributed by atoms with E-state index in [1.807, 2.05) is 0 Å². The summed E-state index contributed by atoms with van der Waals surface area (Å²) in [4.78, 5) is 0. The van der Waals surface area contributed by atoms with Gasteiger partial charge in [-0.1, -0.05) is 69.9 Å². The molecule has 2 unspecified atom stereocenters. The third-order valence-corrected chi connectivity index (χ3v) is 10.4. The molecular weight excluding hydrogens is 364 g/mol. The zero-order chi connectivity index (χ0) is 21.9. The van der Waals surface area contributed by atoms with Crippen LogP contribution >= 0.6 is 0 Å². The van der Waals surface area contributed by atoms with Gasteiger partial charge >= 0.3 is 0 Å². The highest BCUT2D eigenvalue weighted by molar-refractivity contribution is 5.41. The molecule has 0 aromatic heterocycles. The van der Waals surface area contributed by atoms with Gasteiger partial charge in [0.15, 0.2) is 0 Å². The normalized spacial score (nSPS) is 43.0. The fraction of sp³-hybridized carbons (Fsp3) is 0.793. The van der Waals surface area contributed by atoms with Crippen LogP contribution in [0.25, 0.3) is 0 Å². The minimum Gasteiger partial charge on any atom is -0.392 e. The first kappa shape index (κ1) is 22.4. The van der Waals surface area contributed by atoms with Gasteiger partial charge in [-0.3, -0.25) is 0 Å². The van der Waals surface area contributed by atoms with Crippen LogP contribution in [-0.2, 0) is 0 Å². The summed E-state index contributed by atoms with van der Waals surface area (Å²) < 4.78 is 0. The first-order valence-electron chi connectivity index (χ1n) is 12.8. The lowest BCUT2D eigenvalue weighted by Crippen LogP contribution is -2.51. The van der Waals surface area contributed by atoms with Crippen molar-refractivity contribution in [3.63, 3.8) is 0 Å². The van der Waals surface area contributed by atoms with Crippen molar-refractivity contribution in [3.8, 4) is 0 Å². The van der Waals surface area contributed by atoms with Crippen LogP contribution in [0, 0.1) is 39.9 Å². The minimum atomic E-state index is -0.198. The van der Waals surface area contributed by atoms with Crippen LogP contribution in [0.3, 0.4) is 0 Å². The molecule has 0 bridgehead atoms. The number of allylic oxidation sites excluding steroid dienone is 4. The van der Waals surface area contributed by atoms with Gasteiger partial charge in [0.2, 0.25) is 0 Å². The molecule has 1 N–H and O–H groups in total. The van der Waals surface area contributed by atoms with E-state index >= 15 is 0 Å². The molecule has 0 amide bonds. The van der Waals surface area contributed by atoms with E-state index < -0.39 is 0 Å². The number of aliphatic hydroxyl groups is 1. The third-order valence-electron chi connectivity index (χ3n) is 10.4. The number of aliphatic hydroxyl groups excluding tert-OH is 1. The Morgan fingerprint density at radius 1 is 1.07 bits per heavy atom. The number of hydrogen-bond donors (Lipinski definition) is 1. The van der Waals surface area contributed by atoms with Gasteiger partial charge in [-0.15, -0.1) is 6.58 Å². The molecule has 1 heteroatoms. The summed E-state index contributed by atoms with van der Waals surface area (Å²) in [5.41, 5.74) is 5.27. The maximum Gasteiger partial charge on any atom is 0.0628 e. The molecule has 3 fully saturated rings. The molecule has 4 rings (SSSR count). The van der Waals surface area contributed by atoms with E-state index in [9.17, 15) is 5.11 Å². The number of fused-ring (bicyclic) bond motifs is 5. The highest BCUT2D eigenvalue weighted by Gasteiger charge is 2.59. The molecule has 0 saturated heterocycles. The molecule has 0 radical (unpaired) electrons. The first-order chi connectivity index (χ1) is 14.0. The number of rotatable bonds is 5. The van der Waals surface area contributed by atoms with Crippen LogP contribution in [0.2, 0.25) is 0 Å². The standard InChI is InChI=1S/C29H46O/c1-19(2)9-8-10-20(3)22-12-13-23-21-11-14-25-27(4,5)26(30)16-18-29(25,7)24(21)15-17-28(22,23)6/h11,14,20,22-24,26,30H,1,8-10,12-13,15-18H2,2-7H3/t20-,22-,23?,24?,26+,28-,29-/m1/s1. The van der Waals surface area contributed by atoms with Gasteiger partial charge in [0.05, 0.1) is 6.10 Å². The van der Waals surface area contributed by atoms with Crippen molar-refractivity contribution in [3.05, 3.63) is 35.5 Å². The van der Waals surface area contributed by atoms with Crippen LogP contribution in [0.4, 0.5) is 0 Å². The van der Waals surface area contributed by atoms with Crippen LogP contribution in [0.15, 0.2) is 35.5 Å². The summed E-state index contributed by atoms with van der Waals surface area (Å²) in [7, 11) is 0. The summed E-state index contributed by atoms with van der Waals surface area (Å²) in [6.07, 6.45) is 16.3. The molecule has 0 aliphatic heterocycles. The average Bonchev–Trinajstić information content (AvgIpc) is 3.02. The summed E-state index contributed by atoms with van der Waals surface area (Å²) in [5, 5.41) is 10.7. The molecule has 30 heavy (non-hydrogen) atoms. The summed E-state index contributed by atoms with van der Waals surface area (Å²) in [5.74, 6) is 3.16. The van der Waals surface area contributed by atoms with Crippen molar-refractivity contribution < 1.29 is 5.11 Å². The van der Waals surface area contributed by atoms with Crippen molar-refractivity contribution in [2.45, 2.75) is 105 Å². The molecule has 4 aliphatic carbocycles. The molecule has 1 nitrogen and oxygen atoms in total. The van der Waals surface area contributed by atoms with Crippen molar-refractivity contribution in [1.82, 2.24) is 0 Å². The van der Waals surface area contributed by atoms with Crippen molar-refractivity contribution in [2.24, 2.45) is 39.9 Å². The van der Waals surface area contributed by atoms with Crippen LogP contribution in [0.5, 0.6) is 0 Å². The zero-order valence-corrected chi connectivity index (χ0v) is 20.6. The molecule has 0 aromatic rings. The predicted molar refractivity (Wildman–Crippen MR) is 128 cm³/mol. The lowest BCUT2D eigenvalue weighted by atomic mass is 9.47. The first-order valence-corrected chi connectivity index (χ1v) is 12.8. The van der Waals surface area contributed by atoms with E-state index in [-0.39, 0.29) is 16.9 Å². The Morgan fingerprint density at radius 3 is 2.50 bits per heavy atom. The second-order valence-electron chi connectivity index (χ2n) is 12.6. The lowest BCUT2D eigenvalue weighted by molar-refractivity contribution is -0.0173. The summed E-state index contributed by atoms with van der Waals surface area (Å²) in [6, 6.07) is 0. The van der Waals surface area contributed by atoms with Gasteiger partial charge in [0.25, 0.3) is 0 Å². The van der Waals surface area contributed by atoms with E-state index in [2.05, 4.69) is 60.3 Å². The predicted octanol–water partition coefficient (Wildman–Crippen LogP) is 7.87. The molecule has 7 atom stereocenters. The van der Waals surface area contributed by atoms with E-state index in [1.165, 1.54) is 56.1 Å². The Bertz CT molecular complexity index is 754. The zero-order valence-electron chi connectivity index (χ0n) is 20.6. The summed E-state index contributed by atoms with van der Waals surface area (Å²) >= 11 is 0. The molecule has 0 spiro atoms.